The second-order valence-electron chi connectivity index (χ2n) is 6.18. The molecule has 3 aromatic rings. The Morgan fingerprint density at radius 3 is 2.32 bits per heavy atom. The number of carbonyl (C=O) groups excluding carboxylic acids is 2. The van der Waals surface area contributed by atoms with Crippen LogP contribution in [0.1, 0.15) is 34.1 Å². The fourth-order valence-electron chi connectivity index (χ4n) is 2.75. The van der Waals surface area contributed by atoms with Crippen molar-refractivity contribution in [1.29, 1.82) is 0 Å². The van der Waals surface area contributed by atoms with Gasteiger partial charge >= 0.3 is 0 Å². The Kier molecular flexibility index (Phi) is 6.92. The van der Waals surface area contributed by atoms with Crippen LogP contribution in [-0.4, -0.2) is 23.3 Å². The molecule has 0 saturated carbocycles. The van der Waals surface area contributed by atoms with Crippen LogP contribution in [0.2, 0.25) is 0 Å². The maximum atomic E-state index is 12.5. The lowest BCUT2D eigenvalue weighted by atomic mass is 10.0. The molecule has 1 atom stereocenters. The number of rotatable bonds is 7. The van der Waals surface area contributed by atoms with Gasteiger partial charge in [-0.15, -0.1) is 0 Å². The topological polar surface area (TPSA) is 71.1 Å². The minimum Gasteiger partial charge on any atom is -0.352 e. The van der Waals surface area contributed by atoms with Gasteiger partial charge in [-0.2, -0.15) is 0 Å². The highest BCUT2D eigenvalue weighted by atomic mass is 79.9. The number of amides is 2. The van der Waals surface area contributed by atoms with E-state index < -0.39 is 0 Å². The van der Waals surface area contributed by atoms with Gasteiger partial charge in [0, 0.05) is 29.2 Å². The third-order valence-electron chi connectivity index (χ3n) is 4.17. The van der Waals surface area contributed by atoms with E-state index in [2.05, 4.69) is 31.5 Å². The predicted octanol–water partition coefficient (Wildman–Crippen LogP) is 3.87. The molecule has 0 radical (unpaired) electrons. The first-order chi connectivity index (χ1) is 13.6. The van der Waals surface area contributed by atoms with Crippen LogP contribution in [0.25, 0.3) is 0 Å². The van der Waals surface area contributed by atoms with Crippen LogP contribution >= 0.6 is 15.9 Å². The van der Waals surface area contributed by atoms with E-state index in [0.717, 1.165) is 15.7 Å². The Morgan fingerprint density at radius 1 is 0.929 bits per heavy atom. The zero-order chi connectivity index (χ0) is 19.8. The summed E-state index contributed by atoms with van der Waals surface area (Å²) in [7, 11) is 0. The van der Waals surface area contributed by atoms with Crippen molar-refractivity contribution in [3.63, 3.8) is 0 Å². The Labute approximate surface area is 172 Å². The third-order valence-corrected chi connectivity index (χ3v) is 4.69. The summed E-state index contributed by atoms with van der Waals surface area (Å²) in [6.45, 7) is 0.254. The number of hydrogen-bond donors (Lipinski definition) is 2. The summed E-state index contributed by atoms with van der Waals surface area (Å²) in [4.78, 5) is 29.0. The molecule has 1 aromatic heterocycles. The highest BCUT2D eigenvalue weighted by molar-refractivity contribution is 9.10. The van der Waals surface area contributed by atoms with Crippen molar-refractivity contribution < 1.29 is 9.59 Å². The van der Waals surface area contributed by atoms with Gasteiger partial charge in [-0.25, -0.2) is 0 Å². The maximum absolute atomic E-state index is 12.5. The lowest BCUT2D eigenvalue weighted by Gasteiger charge is -2.19. The van der Waals surface area contributed by atoms with Gasteiger partial charge < -0.3 is 10.6 Å². The van der Waals surface area contributed by atoms with E-state index >= 15 is 0 Å². The fraction of sp³-hybridized carbons (Fsp3) is 0.136. The second kappa shape index (κ2) is 9.80. The maximum Gasteiger partial charge on any atom is 0.251 e. The van der Waals surface area contributed by atoms with Crippen LogP contribution in [0.3, 0.4) is 0 Å². The molecule has 0 spiro atoms. The molecule has 3 rings (SSSR count). The zero-order valence-corrected chi connectivity index (χ0v) is 16.7. The van der Waals surface area contributed by atoms with Crippen LogP contribution in [0.15, 0.2) is 83.5 Å². The number of hydrogen-bond acceptors (Lipinski definition) is 3. The minimum absolute atomic E-state index is 0.157. The molecule has 0 saturated heterocycles. The molecular formula is C22H20BrN3O2. The van der Waals surface area contributed by atoms with Crippen LogP contribution in [0.5, 0.6) is 0 Å². The number of nitrogens with zero attached hydrogens (tertiary/aromatic N) is 1. The zero-order valence-electron chi connectivity index (χ0n) is 15.1. The molecular weight excluding hydrogens is 418 g/mol. The summed E-state index contributed by atoms with van der Waals surface area (Å²) in [5.41, 5.74) is 2.27. The molecule has 5 nitrogen and oxygen atoms in total. The highest BCUT2D eigenvalue weighted by Gasteiger charge is 2.17. The summed E-state index contributed by atoms with van der Waals surface area (Å²) in [5.74, 6) is -0.361. The quantitative estimate of drug-likeness (QED) is 0.589. The second-order valence-corrected chi connectivity index (χ2v) is 7.09. The van der Waals surface area contributed by atoms with Crippen molar-refractivity contribution in [3.8, 4) is 0 Å². The number of halogens is 1. The van der Waals surface area contributed by atoms with Crippen LogP contribution in [0.4, 0.5) is 0 Å². The standard InChI is InChI=1S/C22H20BrN3O2/c23-18-11-9-17(10-12-18)22(28)25-15-13-20(27)26-21(16-6-2-1-3-7-16)19-8-4-5-14-24-19/h1-12,14,21H,13,15H2,(H,25,28)(H,26,27). The van der Waals surface area contributed by atoms with E-state index in [0.29, 0.717) is 5.56 Å². The molecule has 2 N–H and O–H groups in total. The molecule has 28 heavy (non-hydrogen) atoms. The molecule has 0 bridgehead atoms. The van der Waals surface area contributed by atoms with Crippen molar-refractivity contribution in [2.75, 3.05) is 6.54 Å². The first-order valence-electron chi connectivity index (χ1n) is 8.92. The van der Waals surface area contributed by atoms with E-state index in [9.17, 15) is 9.59 Å². The summed E-state index contributed by atoms with van der Waals surface area (Å²) >= 11 is 3.34. The van der Waals surface area contributed by atoms with Crippen LogP contribution in [0, 0.1) is 0 Å². The first-order valence-corrected chi connectivity index (χ1v) is 9.72. The molecule has 0 aliphatic heterocycles. The third kappa shape index (κ3) is 5.50. The molecule has 0 fully saturated rings. The van der Waals surface area contributed by atoms with Crippen molar-refractivity contribution in [3.05, 3.63) is 100 Å². The lowest BCUT2D eigenvalue weighted by molar-refractivity contribution is -0.121. The van der Waals surface area contributed by atoms with Gasteiger partial charge in [0.05, 0.1) is 11.7 Å². The molecule has 0 aliphatic rings. The summed E-state index contributed by atoms with van der Waals surface area (Å²) in [6, 6.07) is 22.0. The van der Waals surface area contributed by atoms with Crippen LogP contribution in [-0.2, 0) is 4.79 Å². The molecule has 1 heterocycles. The molecule has 6 heteroatoms. The number of pyridine rings is 1. The molecule has 2 amide bonds. The van der Waals surface area contributed by atoms with Gasteiger partial charge in [0.25, 0.3) is 5.91 Å². The monoisotopic (exact) mass is 437 g/mol. The van der Waals surface area contributed by atoms with Crippen LogP contribution < -0.4 is 10.6 Å². The van der Waals surface area contributed by atoms with Gasteiger partial charge in [-0.05, 0) is 42.0 Å². The van der Waals surface area contributed by atoms with E-state index in [-0.39, 0.29) is 30.8 Å². The number of carbonyl (C=O) groups is 2. The fourth-order valence-corrected chi connectivity index (χ4v) is 3.01. The van der Waals surface area contributed by atoms with Crippen molar-refractivity contribution in [2.45, 2.75) is 12.5 Å². The summed E-state index contributed by atoms with van der Waals surface area (Å²) in [5, 5.41) is 5.78. The summed E-state index contributed by atoms with van der Waals surface area (Å²) in [6.07, 6.45) is 1.88. The summed E-state index contributed by atoms with van der Waals surface area (Å²) < 4.78 is 0.907. The Bertz CT molecular complexity index is 876. The van der Waals surface area contributed by atoms with Gasteiger partial charge in [0.2, 0.25) is 5.91 Å². The first kappa shape index (κ1) is 19.8. The van der Waals surface area contributed by atoms with Gasteiger partial charge in [-0.1, -0.05) is 52.3 Å². The number of benzene rings is 2. The van der Waals surface area contributed by atoms with Crippen molar-refractivity contribution >= 4 is 27.7 Å². The Morgan fingerprint density at radius 2 is 1.64 bits per heavy atom. The average molecular weight is 438 g/mol. The Balaban J connectivity index is 1.58. The van der Waals surface area contributed by atoms with E-state index in [1.54, 1.807) is 30.5 Å². The number of nitrogens with one attached hydrogen (secondary N) is 2. The van der Waals surface area contributed by atoms with E-state index in [1.165, 1.54) is 0 Å². The number of aromatic nitrogens is 1. The van der Waals surface area contributed by atoms with E-state index in [1.807, 2.05) is 48.5 Å². The molecule has 1 unspecified atom stereocenters. The largest absolute Gasteiger partial charge is 0.352 e. The molecule has 2 aromatic carbocycles. The van der Waals surface area contributed by atoms with Crippen molar-refractivity contribution in [1.82, 2.24) is 15.6 Å². The van der Waals surface area contributed by atoms with Gasteiger partial charge in [-0.3, -0.25) is 14.6 Å². The lowest BCUT2D eigenvalue weighted by Crippen LogP contribution is -2.33. The molecule has 0 aliphatic carbocycles. The highest BCUT2D eigenvalue weighted by Crippen LogP contribution is 2.20. The molecule has 142 valence electrons. The van der Waals surface area contributed by atoms with Crippen molar-refractivity contribution in [2.24, 2.45) is 0 Å². The van der Waals surface area contributed by atoms with Gasteiger partial charge in [0.1, 0.15) is 0 Å². The predicted molar refractivity (Wildman–Crippen MR) is 112 cm³/mol. The normalized spacial score (nSPS) is 11.5. The average Bonchev–Trinajstić information content (AvgIpc) is 2.73. The SMILES string of the molecule is O=C(CCNC(=O)c1ccc(Br)cc1)NC(c1ccccc1)c1ccccn1. The minimum atomic E-state index is -0.336. The van der Waals surface area contributed by atoms with Gasteiger partial charge in [0.15, 0.2) is 0 Å². The Hall–Kier alpha value is -2.99. The smallest absolute Gasteiger partial charge is 0.251 e. The van der Waals surface area contributed by atoms with E-state index in [4.69, 9.17) is 0 Å².